The zero-order valence-electron chi connectivity index (χ0n) is 19.3. The van der Waals surface area contributed by atoms with E-state index in [0.29, 0.717) is 32.5 Å². The number of amides is 2. The molecule has 0 aromatic heterocycles. The maximum atomic E-state index is 11.4. The number of carbonyl (C=O) groups excluding carboxylic acids is 3. The van der Waals surface area contributed by atoms with E-state index in [1.54, 1.807) is 6.92 Å². The van der Waals surface area contributed by atoms with Crippen molar-refractivity contribution < 1.29 is 28.6 Å². The molecule has 0 aromatic rings. The van der Waals surface area contributed by atoms with E-state index in [2.05, 4.69) is 10.6 Å². The molecule has 8 nitrogen and oxygen atoms in total. The van der Waals surface area contributed by atoms with Crippen LogP contribution < -0.4 is 10.6 Å². The van der Waals surface area contributed by atoms with Crippen molar-refractivity contribution in [3.63, 3.8) is 0 Å². The Morgan fingerprint density at radius 3 is 1.64 bits per heavy atom. The van der Waals surface area contributed by atoms with Gasteiger partial charge in [0.2, 0.25) is 11.8 Å². The molecule has 2 N–H and O–H groups in total. The van der Waals surface area contributed by atoms with Gasteiger partial charge in [0.15, 0.2) is 5.78 Å². The number of methoxy groups -OCH3 is 1. The van der Waals surface area contributed by atoms with Crippen LogP contribution in [0.1, 0.15) is 61.3 Å². The van der Waals surface area contributed by atoms with E-state index in [9.17, 15) is 14.4 Å². The summed E-state index contributed by atoms with van der Waals surface area (Å²) in [6, 6.07) is 0. The first kappa shape index (κ1) is 34.0. The summed E-state index contributed by atoms with van der Waals surface area (Å²) >= 11 is 0. The smallest absolute Gasteiger partial charge is 0.246 e. The summed E-state index contributed by atoms with van der Waals surface area (Å²) < 4.78 is 15.0. The molecule has 0 atom stereocenters. The second-order valence-corrected chi connectivity index (χ2v) is 4.44. The Morgan fingerprint density at radius 2 is 1.18 bits per heavy atom. The third-order valence-corrected chi connectivity index (χ3v) is 2.56. The predicted molar refractivity (Wildman–Crippen MR) is 113 cm³/mol. The Kier molecular flexibility index (Phi) is 40.2. The lowest BCUT2D eigenvalue weighted by Gasteiger charge is -2.07. The number of nitrogens with one attached hydrogen (secondary N) is 2. The van der Waals surface area contributed by atoms with Crippen LogP contribution in [0.4, 0.5) is 0 Å². The highest BCUT2D eigenvalue weighted by Crippen LogP contribution is 1.83. The molecule has 28 heavy (non-hydrogen) atoms. The minimum absolute atomic E-state index is 0.0298. The number of carbonyl (C=O) groups is 3. The Labute approximate surface area is 172 Å². The standard InChI is InChI=1S/C14H26N2O6.3C2H6/c1-3-12(17)10-21-8-6-16-14(19)11-22-9-5-15-13(18)4-7-20-2;3*1-2/h3-11H2,1-2H3,(H,15,18)(H,16,19);3*1-2H3. The Morgan fingerprint density at radius 1 is 0.714 bits per heavy atom. The number of rotatable bonds is 14. The van der Waals surface area contributed by atoms with Crippen molar-refractivity contribution in [2.75, 3.05) is 53.2 Å². The molecule has 8 heteroatoms. The lowest BCUT2D eigenvalue weighted by molar-refractivity contribution is -0.126. The highest BCUT2D eigenvalue weighted by Gasteiger charge is 2.03. The second kappa shape index (κ2) is 33.1. The first-order valence-corrected chi connectivity index (χ1v) is 10.3. The second-order valence-electron chi connectivity index (χ2n) is 4.44. The van der Waals surface area contributed by atoms with E-state index in [1.165, 1.54) is 7.11 Å². The molecule has 0 radical (unpaired) electrons. The van der Waals surface area contributed by atoms with Gasteiger partial charge in [0.25, 0.3) is 0 Å². The van der Waals surface area contributed by atoms with Crippen LogP contribution in [0.3, 0.4) is 0 Å². The summed E-state index contributed by atoms with van der Waals surface area (Å²) in [6.45, 7) is 15.4. The van der Waals surface area contributed by atoms with Crippen LogP contribution in [0.2, 0.25) is 0 Å². The highest BCUT2D eigenvalue weighted by molar-refractivity contribution is 5.79. The van der Waals surface area contributed by atoms with Crippen molar-refractivity contribution in [2.45, 2.75) is 61.3 Å². The largest absolute Gasteiger partial charge is 0.384 e. The van der Waals surface area contributed by atoms with E-state index in [-0.39, 0.29) is 44.0 Å². The van der Waals surface area contributed by atoms with Crippen LogP contribution >= 0.6 is 0 Å². The van der Waals surface area contributed by atoms with Crippen LogP contribution in [-0.2, 0) is 28.6 Å². The molecule has 2 amide bonds. The summed E-state index contributed by atoms with van der Waals surface area (Å²) in [5, 5.41) is 5.24. The Bertz CT molecular complexity index is 339. The van der Waals surface area contributed by atoms with Crippen molar-refractivity contribution in [1.29, 1.82) is 0 Å². The molecule has 0 aliphatic carbocycles. The lowest BCUT2D eigenvalue weighted by atomic mass is 10.3. The number of hydrogen-bond acceptors (Lipinski definition) is 6. The molecule has 170 valence electrons. The molecule has 0 aromatic carbocycles. The van der Waals surface area contributed by atoms with Crippen LogP contribution in [-0.4, -0.2) is 70.8 Å². The molecule has 0 aliphatic heterocycles. The van der Waals surface area contributed by atoms with Crippen LogP contribution in [0.5, 0.6) is 0 Å². The average Bonchev–Trinajstić information content (AvgIpc) is 2.75. The zero-order chi connectivity index (χ0) is 22.6. The molecule has 0 unspecified atom stereocenters. The maximum Gasteiger partial charge on any atom is 0.246 e. The van der Waals surface area contributed by atoms with Gasteiger partial charge in [-0.25, -0.2) is 0 Å². The molecule has 0 aliphatic rings. The van der Waals surface area contributed by atoms with Gasteiger partial charge in [-0.2, -0.15) is 0 Å². The van der Waals surface area contributed by atoms with E-state index in [4.69, 9.17) is 14.2 Å². The summed E-state index contributed by atoms with van der Waals surface area (Å²) in [7, 11) is 1.53. The molecule has 0 saturated heterocycles. The predicted octanol–water partition coefficient (Wildman–Crippen LogP) is 2.35. The van der Waals surface area contributed by atoms with Gasteiger partial charge in [-0.3, -0.25) is 14.4 Å². The summed E-state index contributed by atoms with van der Waals surface area (Å²) in [5.41, 5.74) is 0. The molecule has 0 fully saturated rings. The van der Waals surface area contributed by atoms with Crippen molar-refractivity contribution in [2.24, 2.45) is 0 Å². The van der Waals surface area contributed by atoms with Gasteiger partial charge in [0, 0.05) is 33.0 Å². The SMILES string of the molecule is CC.CC.CC.CCC(=O)COCCNC(=O)COCCNC(=O)CCOC. The van der Waals surface area contributed by atoms with E-state index >= 15 is 0 Å². The quantitative estimate of drug-likeness (QED) is 0.428. The molecular formula is C20H44N2O6. The number of Topliss-reactive ketones (excluding diaryl/α,β-unsaturated/α-hetero) is 1. The van der Waals surface area contributed by atoms with Crippen molar-refractivity contribution in [3.05, 3.63) is 0 Å². The normalized spacial score (nSPS) is 8.71. The topological polar surface area (TPSA) is 103 Å². The highest BCUT2D eigenvalue weighted by atomic mass is 16.5. The molecule has 0 spiro atoms. The van der Waals surface area contributed by atoms with Crippen LogP contribution in [0.15, 0.2) is 0 Å². The van der Waals surface area contributed by atoms with Gasteiger partial charge in [-0.05, 0) is 0 Å². The van der Waals surface area contributed by atoms with E-state index < -0.39 is 0 Å². The fourth-order valence-electron chi connectivity index (χ4n) is 1.31. The first-order chi connectivity index (χ1) is 13.6. The number of hydrogen-bond donors (Lipinski definition) is 2. The van der Waals surface area contributed by atoms with Gasteiger partial charge in [0.05, 0.1) is 19.8 Å². The van der Waals surface area contributed by atoms with Crippen LogP contribution in [0, 0.1) is 0 Å². The number of ether oxygens (including phenoxy) is 3. The molecule has 0 rings (SSSR count). The molecule has 0 saturated carbocycles. The third-order valence-electron chi connectivity index (χ3n) is 2.56. The molecule has 0 bridgehead atoms. The Balaban J connectivity index is -0.000000434. The van der Waals surface area contributed by atoms with E-state index in [0.717, 1.165) is 0 Å². The fourth-order valence-corrected chi connectivity index (χ4v) is 1.31. The summed E-state index contributed by atoms with van der Waals surface area (Å²) in [4.78, 5) is 33.5. The summed E-state index contributed by atoms with van der Waals surface area (Å²) in [5.74, 6) is -0.355. The van der Waals surface area contributed by atoms with Crippen molar-refractivity contribution in [1.82, 2.24) is 10.6 Å². The molecular weight excluding hydrogens is 364 g/mol. The monoisotopic (exact) mass is 408 g/mol. The van der Waals surface area contributed by atoms with Gasteiger partial charge in [-0.1, -0.05) is 48.5 Å². The van der Waals surface area contributed by atoms with Crippen LogP contribution in [0.25, 0.3) is 0 Å². The van der Waals surface area contributed by atoms with Gasteiger partial charge in [0.1, 0.15) is 13.2 Å². The minimum atomic E-state index is -0.267. The minimum Gasteiger partial charge on any atom is -0.384 e. The maximum absolute atomic E-state index is 11.4. The third kappa shape index (κ3) is 32.2. The fraction of sp³-hybridized carbons (Fsp3) is 0.850. The molecule has 0 heterocycles. The Hall–Kier alpha value is -1.51. The van der Waals surface area contributed by atoms with Crippen molar-refractivity contribution >= 4 is 17.6 Å². The number of ketones is 1. The van der Waals surface area contributed by atoms with Crippen molar-refractivity contribution in [3.8, 4) is 0 Å². The zero-order valence-corrected chi connectivity index (χ0v) is 19.3. The average molecular weight is 409 g/mol. The van der Waals surface area contributed by atoms with Gasteiger partial charge in [-0.15, -0.1) is 0 Å². The summed E-state index contributed by atoms with van der Waals surface area (Å²) in [6.07, 6.45) is 0.750. The van der Waals surface area contributed by atoms with Gasteiger partial charge >= 0.3 is 0 Å². The lowest BCUT2D eigenvalue weighted by Crippen LogP contribution is -2.33. The van der Waals surface area contributed by atoms with E-state index in [1.807, 2.05) is 41.5 Å². The first-order valence-electron chi connectivity index (χ1n) is 10.3. The van der Waals surface area contributed by atoms with Gasteiger partial charge < -0.3 is 24.8 Å².